The van der Waals surface area contributed by atoms with Crippen molar-refractivity contribution in [3.8, 4) is 11.5 Å². The summed E-state index contributed by atoms with van der Waals surface area (Å²) in [4.78, 5) is 18.8. The minimum absolute atomic E-state index is 0.0400. The highest BCUT2D eigenvalue weighted by atomic mass is 16.7. The highest BCUT2D eigenvalue weighted by Crippen LogP contribution is 2.32. The van der Waals surface area contributed by atoms with E-state index >= 15 is 0 Å². The number of aliphatic imine (C=N–C) groups is 1. The number of para-hydroxylation sites is 1. The topological polar surface area (TPSA) is 75.2 Å². The number of hydrogen-bond acceptors (Lipinski definition) is 4. The van der Waals surface area contributed by atoms with E-state index in [0.717, 1.165) is 42.1 Å². The van der Waals surface area contributed by atoms with Gasteiger partial charge in [0.1, 0.15) is 0 Å². The molecule has 0 bridgehead atoms. The lowest BCUT2D eigenvalue weighted by molar-refractivity contribution is -0.117. The van der Waals surface area contributed by atoms with E-state index in [9.17, 15) is 4.79 Å². The van der Waals surface area contributed by atoms with Gasteiger partial charge >= 0.3 is 0 Å². The van der Waals surface area contributed by atoms with E-state index in [1.165, 1.54) is 5.56 Å². The zero-order valence-electron chi connectivity index (χ0n) is 15.9. The first kappa shape index (κ1) is 18.2. The number of fused-ring (bicyclic) bond motifs is 2. The van der Waals surface area contributed by atoms with Gasteiger partial charge in [0.25, 0.3) is 0 Å². The highest BCUT2D eigenvalue weighted by Gasteiger charge is 2.22. The predicted octanol–water partition coefficient (Wildman–Crippen LogP) is 2.06. The summed E-state index contributed by atoms with van der Waals surface area (Å²) in [5.41, 5.74) is 3.29. The number of hydrogen-bond donors (Lipinski definition) is 2. The third kappa shape index (κ3) is 3.88. The molecule has 28 heavy (non-hydrogen) atoms. The number of nitrogens with one attached hydrogen (secondary N) is 2. The molecule has 1 amide bonds. The van der Waals surface area contributed by atoms with E-state index in [-0.39, 0.29) is 19.2 Å². The molecule has 2 N–H and O–H groups in total. The summed E-state index contributed by atoms with van der Waals surface area (Å²) in [6, 6.07) is 13.9. The summed E-state index contributed by atoms with van der Waals surface area (Å²) >= 11 is 0. The number of benzene rings is 2. The van der Waals surface area contributed by atoms with Crippen LogP contribution in [0.25, 0.3) is 0 Å². The van der Waals surface area contributed by atoms with E-state index in [1.807, 2.05) is 41.3 Å². The second kappa shape index (κ2) is 8.21. The van der Waals surface area contributed by atoms with E-state index in [2.05, 4.69) is 21.7 Å². The van der Waals surface area contributed by atoms with Gasteiger partial charge in [0.2, 0.25) is 12.7 Å². The fraction of sp³-hybridized carbons (Fsp3) is 0.333. The average molecular weight is 380 g/mol. The van der Waals surface area contributed by atoms with Gasteiger partial charge in [-0.3, -0.25) is 9.79 Å². The summed E-state index contributed by atoms with van der Waals surface area (Å²) in [6.45, 7) is 1.77. The lowest BCUT2D eigenvalue weighted by Crippen LogP contribution is -2.45. The Balaban J connectivity index is 1.32. The maximum atomic E-state index is 12.7. The number of carbonyl (C=O) groups excluding carboxylic acids is 1. The first-order valence-corrected chi connectivity index (χ1v) is 9.46. The van der Waals surface area contributed by atoms with E-state index in [4.69, 9.17) is 9.47 Å². The van der Waals surface area contributed by atoms with Crippen LogP contribution in [0.1, 0.15) is 17.5 Å². The van der Waals surface area contributed by atoms with Crippen LogP contribution in [0, 0.1) is 0 Å². The van der Waals surface area contributed by atoms with Gasteiger partial charge < -0.3 is 25.0 Å². The van der Waals surface area contributed by atoms with Gasteiger partial charge in [-0.15, -0.1) is 0 Å². The molecule has 7 nitrogen and oxygen atoms in total. The molecule has 0 unspecified atom stereocenters. The lowest BCUT2D eigenvalue weighted by atomic mass is 10.0. The average Bonchev–Trinajstić information content (AvgIpc) is 3.21. The van der Waals surface area contributed by atoms with Crippen LogP contribution in [0.2, 0.25) is 0 Å². The van der Waals surface area contributed by atoms with Gasteiger partial charge in [-0.2, -0.15) is 0 Å². The maximum absolute atomic E-state index is 12.7. The number of aryl methyl sites for hydroxylation is 1. The molecule has 0 fully saturated rings. The van der Waals surface area contributed by atoms with Crippen LogP contribution in [0.5, 0.6) is 11.5 Å². The fourth-order valence-electron chi connectivity index (χ4n) is 3.50. The molecule has 146 valence electrons. The van der Waals surface area contributed by atoms with Crippen molar-refractivity contribution >= 4 is 17.6 Å². The molecule has 0 saturated heterocycles. The Morgan fingerprint density at radius 3 is 2.89 bits per heavy atom. The summed E-state index contributed by atoms with van der Waals surface area (Å²) in [7, 11) is 1.69. The molecular formula is C21H24N4O3. The molecule has 0 spiro atoms. The van der Waals surface area contributed by atoms with Crippen molar-refractivity contribution in [3.63, 3.8) is 0 Å². The van der Waals surface area contributed by atoms with Gasteiger partial charge in [0.05, 0.1) is 6.54 Å². The second-order valence-corrected chi connectivity index (χ2v) is 6.74. The van der Waals surface area contributed by atoms with Gasteiger partial charge in [-0.05, 0) is 42.2 Å². The van der Waals surface area contributed by atoms with Crippen molar-refractivity contribution in [2.45, 2.75) is 19.4 Å². The molecule has 0 aromatic heterocycles. The molecular weight excluding hydrogens is 356 g/mol. The first-order valence-electron chi connectivity index (χ1n) is 9.46. The Morgan fingerprint density at radius 2 is 2.00 bits per heavy atom. The van der Waals surface area contributed by atoms with Crippen LogP contribution in [-0.2, 0) is 17.8 Å². The summed E-state index contributed by atoms with van der Waals surface area (Å²) in [5, 5.41) is 6.34. The Labute approximate surface area is 164 Å². The quantitative estimate of drug-likeness (QED) is 0.627. The zero-order valence-corrected chi connectivity index (χ0v) is 15.9. The lowest BCUT2D eigenvalue weighted by Gasteiger charge is -2.29. The van der Waals surface area contributed by atoms with Crippen molar-refractivity contribution < 1.29 is 14.3 Å². The van der Waals surface area contributed by atoms with Crippen molar-refractivity contribution in [1.29, 1.82) is 0 Å². The van der Waals surface area contributed by atoms with Crippen LogP contribution in [0.3, 0.4) is 0 Å². The first-order chi connectivity index (χ1) is 13.7. The second-order valence-electron chi connectivity index (χ2n) is 6.74. The van der Waals surface area contributed by atoms with Crippen LogP contribution >= 0.6 is 0 Å². The van der Waals surface area contributed by atoms with E-state index < -0.39 is 0 Å². The van der Waals surface area contributed by atoms with Crippen molar-refractivity contribution in [3.05, 3.63) is 53.6 Å². The molecule has 2 aromatic carbocycles. The summed E-state index contributed by atoms with van der Waals surface area (Å²) < 4.78 is 10.7. The summed E-state index contributed by atoms with van der Waals surface area (Å²) in [6.07, 6.45) is 2.01. The minimum Gasteiger partial charge on any atom is -0.454 e. The molecule has 0 atom stereocenters. The van der Waals surface area contributed by atoms with Gasteiger partial charge in [0, 0.05) is 25.8 Å². The number of carbonyl (C=O) groups is 1. The largest absolute Gasteiger partial charge is 0.454 e. The normalized spacial score (nSPS) is 15.2. The van der Waals surface area contributed by atoms with Crippen molar-refractivity contribution in [2.24, 2.45) is 4.99 Å². The molecule has 2 aliphatic rings. The van der Waals surface area contributed by atoms with Gasteiger partial charge in [0.15, 0.2) is 17.5 Å². The number of amides is 1. The third-order valence-corrected chi connectivity index (χ3v) is 4.94. The molecule has 0 saturated carbocycles. The van der Waals surface area contributed by atoms with Gasteiger partial charge in [-0.1, -0.05) is 24.3 Å². The maximum Gasteiger partial charge on any atom is 0.246 e. The smallest absolute Gasteiger partial charge is 0.246 e. The fourth-order valence-corrected chi connectivity index (χ4v) is 3.50. The number of rotatable bonds is 4. The minimum atomic E-state index is 0.0400. The molecule has 0 radical (unpaired) electrons. The number of anilines is 1. The van der Waals surface area contributed by atoms with Crippen molar-refractivity contribution in [1.82, 2.24) is 10.6 Å². The van der Waals surface area contributed by atoms with E-state index in [1.54, 1.807) is 7.05 Å². The Bertz CT molecular complexity index is 897. The molecule has 2 heterocycles. The number of guanidine groups is 1. The standard InChI is InChI=1S/C21H24N4O3/c1-22-21(23-12-15-8-9-18-19(11-15)28-14-27-18)24-13-20(26)25-10-4-6-16-5-2-3-7-17(16)25/h2-3,5,7-9,11H,4,6,10,12-14H2,1H3,(H2,22,23,24). The number of ether oxygens (including phenoxy) is 2. The van der Waals surface area contributed by atoms with Crippen LogP contribution < -0.4 is 25.0 Å². The van der Waals surface area contributed by atoms with E-state index in [0.29, 0.717) is 12.5 Å². The highest BCUT2D eigenvalue weighted by molar-refractivity contribution is 5.98. The Morgan fingerprint density at radius 1 is 1.14 bits per heavy atom. The molecule has 0 aliphatic carbocycles. The summed E-state index contributed by atoms with van der Waals surface area (Å²) in [5.74, 6) is 2.13. The molecule has 2 aromatic rings. The van der Waals surface area contributed by atoms with Crippen LogP contribution in [-0.4, -0.2) is 38.8 Å². The number of nitrogens with zero attached hydrogens (tertiary/aromatic N) is 2. The Kier molecular flexibility index (Phi) is 5.32. The SMILES string of the molecule is CN=C(NCC(=O)N1CCCc2ccccc21)NCc1ccc2c(c1)OCO2. The predicted molar refractivity (Wildman–Crippen MR) is 108 cm³/mol. The monoisotopic (exact) mass is 380 g/mol. The van der Waals surface area contributed by atoms with Crippen LogP contribution in [0.4, 0.5) is 5.69 Å². The molecule has 2 aliphatic heterocycles. The molecule has 7 heteroatoms. The van der Waals surface area contributed by atoms with Gasteiger partial charge in [-0.25, -0.2) is 0 Å². The van der Waals surface area contributed by atoms with Crippen molar-refractivity contribution in [2.75, 3.05) is 31.8 Å². The third-order valence-electron chi connectivity index (χ3n) is 4.94. The molecule has 4 rings (SSSR count). The Hall–Kier alpha value is -3.22. The van der Waals surface area contributed by atoms with Crippen LogP contribution in [0.15, 0.2) is 47.5 Å². The zero-order chi connectivity index (χ0) is 19.3.